The summed E-state index contributed by atoms with van der Waals surface area (Å²) in [6.07, 6.45) is 1.42. The molecule has 1 aromatic heterocycles. The zero-order valence-corrected chi connectivity index (χ0v) is 12.4. The molecule has 1 N–H and O–H groups in total. The number of anilines is 1. The maximum atomic E-state index is 11.6. The summed E-state index contributed by atoms with van der Waals surface area (Å²) in [5, 5.41) is 20.4. The first-order valence-corrected chi connectivity index (χ1v) is 6.80. The number of nitriles is 1. The molecule has 0 aliphatic rings. The minimum Gasteiger partial charge on any atom is -0.464 e. The number of aryl methyl sites for hydroxylation is 1. The van der Waals surface area contributed by atoms with E-state index in [9.17, 15) is 10.1 Å². The largest absolute Gasteiger partial charge is 0.464 e. The van der Waals surface area contributed by atoms with Crippen molar-refractivity contribution in [2.24, 2.45) is 0 Å². The molecule has 1 heterocycles. The molecule has 1 unspecified atom stereocenters. The molecule has 0 fully saturated rings. The van der Waals surface area contributed by atoms with Crippen molar-refractivity contribution < 1.29 is 9.53 Å². The molecular formula is C14H20N4O2. The Labute approximate surface area is 119 Å². The Morgan fingerprint density at radius 1 is 1.35 bits per heavy atom. The molecule has 0 aromatic carbocycles. The van der Waals surface area contributed by atoms with Crippen molar-refractivity contribution in [3.05, 3.63) is 16.8 Å². The second kappa shape index (κ2) is 7.43. The van der Waals surface area contributed by atoms with Gasteiger partial charge in [-0.05, 0) is 32.3 Å². The number of nitrogens with one attached hydrogen (secondary N) is 1. The summed E-state index contributed by atoms with van der Waals surface area (Å²) >= 11 is 0. The summed E-state index contributed by atoms with van der Waals surface area (Å²) in [6.45, 7) is 7.67. The van der Waals surface area contributed by atoms with Crippen molar-refractivity contribution in [2.45, 2.75) is 46.6 Å². The quantitative estimate of drug-likeness (QED) is 0.797. The van der Waals surface area contributed by atoms with Gasteiger partial charge in [0.1, 0.15) is 17.7 Å². The summed E-state index contributed by atoms with van der Waals surface area (Å²) in [7, 11) is 0. The average molecular weight is 276 g/mol. The van der Waals surface area contributed by atoms with Gasteiger partial charge in [0, 0.05) is 0 Å². The molecule has 1 rings (SSSR count). The summed E-state index contributed by atoms with van der Waals surface area (Å²) in [6, 6.07) is 1.57. The first-order chi connectivity index (χ1) is 9.58. The molecule has 1 atom stereocenters. The maximum Gasteiger partial charge on any atom is 0.328 e. The van der Waals surface area contributed by atoms with Gasteiger partial charge in [-0.2, -0.15) is 10.4 Å². The predicted molar refractivity (Wildman–Crippen MR) is 75.2 cm³/mol. The Balaban J connectivity index is 3.08. The molecule has 0 saturated heterocycles. The van der Waals surface area contributed by atoms with E-state index >= 15 is 0 Å². The molecule has 0 bridgehead atoms. The average Bonchev–Trinajstić information content (AvgIpc) is 2.46. The van der Waals surface area contributed by atoms with Gasteiger partial charge in [0.2, 0.25) is 0 Å². The molecule has 0 saturated carbocycles. The third-order valence-electron chi connectivity index (χ3n) is 2.95. The van der Waals surface area contributed by atoms with Crippen molar-refractivity contribution in [3.8, 4) is 6.07 Å². The summed E-state index contributed by atoms with van der Waals surface area (Å²) < 4.78 is 4.92. The van der Waals surface area contributed by atoms with Gasteiger partial charge in [-0.1, -0.05) is 13.8 Å². The molecule has 0 spiro atoms. The number of carbonyl (C=O) groups excluding carboxylic acids is 1. The van der Waals surface area contributed by atoms with Gasteiger partial charge in [-0.3, -0.25) is 0 Å². The lowest BCUT2D eigenvalue weighted by Gasteiger charge is -2.16. The maximum absolute atomic E-state index is 11.6. The number of hydrogen-bond donors (Lipinski definition) is 1. The second-order valence-corrected chi connectivity index (χ2v) is 4.29. The zero-order valence-electron chi connectivity index (χ0n) is 12.4. The fourth-order valence-electron chi connectivity index (χ4n) is 1.93. The van der Waals surface area contributed by atoms with Gasteiger partial charge in [0.15, 0.2) is 5.82 Å². The van der Waals surface area contributed by atoms with E-state index in [0.29, 0.717) is 24.4 Å². The van der Waals surface area contributed by atoms with Gasteiger partial charge in [-0.15, -0.1) is 5.10 Å². The fraction of sp³-hybridized carbons (Fsp3) is 0.571. The van der Waals surface area contributed by atoms with E-state index in [4.69, 9.17) is 4.74 Å². The molecule has 0 radical (unpaired) electrons. The highest BCUT2D eigenvalue weighted by Crippen LogP contribution is 2.20. The van der Waals surface area contributed by atoms with Crippen LogP contribution in [-0.2, 0) is 22.4 Å². The second-order valence-electron chi connectivity index (χ2n) is 4.29. The first-order valence-electron chi connectivity index (χ1n) is 6.80. The summed E-state index contributed by atoms with van der Waals surface area (Å²) in [5.74, 6) is -0.0436. The Bertz CT molecular complexity index is 523. The van der Waals surface area contributed by atoms with Crippen LogP contribution in [0, 0.1) is 11.3 Å². The molecule has 108 valence electrons. The molecule has 0 aliphatic carbocycles. The van der Waals surface area contributed by atoms with Crippen LogP contribution in [0.25, 0.3) is 0 Å². The number of hydrogen-bond acceptors (Lipinski definition) is 6. The van der Waals surface area contributed by atoms with Crippen molar-refractivity contribution in [1.82, 2.24) is 10.2 Å². The van der Waals surface area contributed by atoms with Gasteiger partial charge in [-0.25, -0.2) is 4.79 Å². The van der Waals surface area contributed by atoms with E-state index in [-0.39, 0.29) is 5.97 Å². The Morgan fingerprint density at radius 3 is 2.55 bits per heavy atom. The molecule has 0 amide bonds. The summed E-state index contributed by atoms with van der Waals surface area (Å²) in [5.41, 5.74) is 2.15. The lowest BCUT2D eigenvalue weighted by atomic mass is 10.0. The van der Waals surface area contributed by atoms with E-state index < -0.39 is 6.04 Å². The third kappa shape index (κ3) is 3.44. The van der Waals surface area contributed by atoms with E-state index in [1.807, 2.05) is 13.8 Å². The zero-order chi connectivity index (χ0) is 15.1. The van der Waals surface area contributed by atoms with E-state index in [0.717, 1.165) is 17.7 Å². The number of aromatic nitrogens is 2. The monoisotopic (exact) mass is 276 g/mol. The highest BCUT2D eigenvalue weighted by Gasteiger charge is 2.19. The smallest absolute Gasteiger partial charge is 0.328 e. The van der Waals surface area contributed by atoms with Crippen molar-refractivity contribution in [1.29, 1.82) is 5.26 Å². The van der Waals surface area contributed by atoms with Crippen LogP contribution in [0.5, 0.6) is 0 Å². The van der Waals surface area contributed by atoms with Gasteiger partial charge < -0.3 is 10.1 Å². The normalized spacial score (nSPS) is 11.6. The summed E-state index contributed by atoms with van der Waals surface area (Å²) in [4.78, 5) is 11.6. The van der Waals surface area contributed by atoms with Crippen LogP contribution in [-0.4, -0.2) is 28.8 Å². The highest BCUT2D eigenvalue weighted by molar-refractivity contribution is 5.79. The molecule has 6 nitrogen and oxygen atoms in total. The minimum absolute atomic E-state index is 0.316. The minimum atomic E-state index is -0.575. The van der Waals surface area contributed by atoms with Crippen molar-refractivity contribution >= 4 is 11.8 Å². The number of carbonyl (C=O) groups is 1. The number of esters is 1. The van der Waals surface area contributed by atoms with Gasteiger partial charge in [0.05, 0.1) is 12.3 Å². The molecule has 20 heavy (non-hydrogen) atoms. The van der Waals surface area contributed by atoms with Crippen LogP contribution in [0.4, 0.5) is 5.82 Å². The Kier molecular flexibility index (Phi) is 5.91. The number of ether oxygens (including phenoxy) is 1. The number of rotatable bonds is 6. The topological polar surface area (TPSA) is 87.9 Å². The number of nitrogens with zero attached hydrogens (tertiary/aromatic N) is 3. The molecule has 1 aromatic rings. The highest BCUT2D eigenvalue weighted by atomic mass is 16.5. The first kappa shape index (κ1) is 15.9. The third-order valence-corrected chi connectivity index (χ3v) is 2.95. The molecule has 0 aliphatic heterocycles. The van der Waals surface area contributed by atoms with Crippen LogP contribution in [0.3, 0.4) is 0 Å². The fourth-order valence-corrected chi connectivity index (χ4v) is 1.93. The van der Waals surface area contributed by atoms with Crippen LogP contribution < -0.4 is 5.32 Å². The Hall–Kier alpha value is -2.16. The van der Waals surface area contributed by atoms with Crippen molar-refractivity contribution in [3.63, 3.8) is 0 Å². The van der Waals surface area contributed by atoms with Crippen LogP contribution in [0.1, 0.15) is 44.5 Å². The van der Waals surface area contributed by atoms with Gasteiger partial charge >= 0.3 is 5.97 Å². The van der Waals surface area contributed by atoms with Crippen molar-refractivity contribution in [2.75, 3.05) is 11.9 Å². The standard InChI is InChI=1S/C14H20N4O2/c1-5-10-11(8-15)13(18-17-12(10)6-2)16-9(4)14(19)20-7-3/h9H,5-7H2,1-4H3,(H,16,18). The molecular weight excluding hydrogens is 256 g/mol. The predicted octanol–water partition coefficient (Wildman–Crippen LogP) is 1.84. The lowest BCUT2D eigenvalue weighted by Crippen LogP contribution is -2.29. The van der Waals surface area contributed by atoms with Crippen LogP contribution in [0.2, 0.25) is 0 Å². The SMILES string of the molecule is CCOC(=O)C(C)Nc1nnc(CC)c(CC)c1C#N. The Morgan fingerprint density at radius 2 is 2.05 bits per heavy atom. The van der Waals surface area contributed by atoms with Gasteiger partial charge in [0.25, 0.3) is 0 Å². The van der Waals surface area contributed by atoms with E-state index in [1.165, 1.54) is 0 Å². The van der Waals surface area contributed by atoms with Crippen LogP contribution >= 0.6 is 0 Å². The van der Waals surface area contributed by atoms with E-state index in [1.54, 1.807) is 13.8 Å². The van der Waals surface area contributed by atoms with Crippen LogP contribution in [0.15, 0.2) is 0 Å². The van der Waals surface area contributed by atoms with E-state index in [2.05, 4.69) is 21.6 Å². The molecule has 6 heteroatoms. The lowest BCUT2D eigenvalue weighted by molar-refractivity contribution is -0.143.